The molecule has 0 aliphatic rings. The summed E-state index contributed by atoms with van der Waals surface area (Å²) in [6, 6.07) is 9.29. The number of nitrogens with one attached hydrogen (secondary N) is 1. The maximum absolute atomic E-state index is 11.4. The number of amides is 1. The Bertz CT molecular complexity index is 494. The van der Waals surface area contributed by atoms with E-state index >= 15 is 0 Å². The van der Waals surface area contributed by atoms with Crippen molar-refractivity contribution in [3.05, 3.63) is 42.7 Å². The van der Waals surface area contributed by atoms with Gasteiger partial charge in [-0.3, -0.25) is 4.79 Å². The van der Waals surface area contributed by atoms with Crippen molar-refractivity contribution in [1.29, 1.82) is 0 Å². The summed E-state index contributed by atoms with van der Waals surface area (Å²) < 4.78 is 6.48. The zero-order valence-electron chi connectivity index (χ0n) is 9.46. The predicted molar refractivity (Wildman–Crippen MR) is 64.1 cm³/mol. The monoisotopic (exact) mass is 231 g/mol. The molecule has 88 valence electrons. The molecule has 1 N–H and O–H groups in total. The molecule has 0 fully saturated rings. The fraction of sp³-hybridized carbons (Fsp3) is 0.167. The van der Waals surface area contributed by atoms with Crippen LogP contribution in [0.25, 0.3) is 5.69 Å². The van der Waals surface area contributed by atoms with Crippen LogP contribution in [0, 0.1) is 0 Å². The predicted octanol–water partition coefficient (Wildman–Crippen LogP) is 1.46. The number of carbonyl (C=O) groups excluding carboxylic acids is 1. The molecule has 0 saturated carbocycles. The maximum Gasteiger partial charge on any atom is 0.250 e. The number of carbonyl (C=O) groups is 1. The molecule has 1 heterocycles. The van der Waals surface area contributed by atoms with Crippen LogP contribution in [-0.2, 0) is 9.53 Å². The third-order valence-electron chi connectivity index (χ3n) is 2.17. The summed E-state index contributed by atoms with van der Waals surface area (Å²) >= 11 is 0. The summed E-state index contributed by atoms with van der Waals surface area (Å²) in [4.78, 5) is 11.4. The number of rotatable bonds is 4. The second-order valence-electron chi connectivity index (χ2n) is 3.48. The van der Waals surface area contributed by atoms with Crippen LogP contribution in [0.5, 0.6) is 0 Å². The normalized spacial score (nSPS) is 10.2. The summed E-state index contributed by atoms with van der Waals surface area (Å²) in [5, 5.41) is 6.86. The number of anilines is 1. The van der Waals surface area contributed by atoms with Crippen LogP contribution in [0.4, 0.5) is 5.69 Å². The minimum Gasteiger partial charge on any atom is -0.375 e. The molecule has 0 bridgehead atoms. The van der Waals surface area contributed by atoms with E-state index in [1.54, 1.807) is 10.9 Å². The van der Waals surface area contributed by atoms with Crippen molar-refractivity contribution in [3.63, 3.8) is 0 Å². The Kier molecular flexibility index (Phi) is 3.52. The van der Waals surface area contributed by atoms with Gasteiger partial charge in [0, 0.05) is 25.2 Å². The molecule has 17 heavy (non-hydrogen) atoms. The smallest absolute Gasteiger partial charge is 0.250 e. The largest absolute Gasteiger partial charge is 0.375 e. The Morgan fingerprint density at radius 2 is 2.35 bits per heavy atom. The number of benzene rings is 1. The Hall–Kier alpha value is -2.14. The van der Waals surface area contributed by atoms with Gasteiger partial charge in [-0.2, -0.15) is 5.10 Å². The summed E-state index contributed by atoms with van der Waals surface area (Å²) in [7, 11) is 1.49. The molecule has 1 amide bonds. The van der Waals surface area contributed by atoms with E-state index in [-0.39, 0.29) is 12.5 Å². The first-order chi connectivity index (χ1) is 8.29. The van der Waals surface area contributed by atoms with E-state index in [0.717, 1.165) is 11.4 Å². The van der Waals surface area contributed by atoms with Crippen molar-refractivity contribution in [3.8, 4) is 5.69 Å². The number of methoxy groups -OCH3 is 1. The first-order valence-corrected chi connectivity index (χ1v) is 5.18. The molecule has 1 aromatic heterocycles. The quantitative estimate of drug-likeness (QED) is 0.866. The van der Waals surface area contributed by atoms with Crippen molar-refractivity contribution in [2.24, 2.45) is 0 Å². The SMILES string of the molecule is COCC(=O)Nc1cccc(-n2cccn2)c1. The van der Waals surface area contributed by atoms with Crippen molar-refractivity contribution >= 4 is 11.6 Å². The number of hydrogen-bond donors (Lipinski definition) is 1. The van der Waals surface area contributed by atoms with Crippen LogP contribution in [0.15, 0.2) is 42.7 Å². The Morgan fingerprint density at radius 1 is 1.47 bits per heavy atom. The van der Waals surface area contributed by atoms with Gasteiger partial charge in [0.1, 0.15) is 6.61 Å². The van der Waals surface area contributed by atoms with Gasteiger partial charge in [-0.05, 0) is 24.3 Å². The molecule has 0 unspecified atom stereocenters. The lowest BCUT2D eigenvalue weighted by Gasteiger charge is -2.07. The molecular formula is C12H13N3O2. The molecular weight excluding hydrogens is 218 g/mol. The van der Waals surface area contributed by atoms with Crippen LogP contribution in [0.1, 0.15) is 0 Å². The van der Waals surface area contributed by atoms with E-state index in [0.29, 0.717) is 0 Å². The minimum absolute atomic E-state index is 0.0476. The van der Waals surface area contributed by atoms with Gasteiger partial charge in [-0.25, -0.2) is 4.68 Å². The average Bonchev–Trinajstić information content (AvgIpc) is 2.83. The van der Waals surface area contributed by atoms with Crippen LogP contribution in [-0.4, -0.2) is 29.4 Å². The zero-order chi connectivity index (χ0) is 12.1. The topological polar surface area (TPSA) is 56.1 Å². The highest BCUT2D eigenvalue weighted by molar-refractivity contribution is 5.91. The molecule has 0 aliphatic heterocycles. The number of nitrogens with zero attached hydrogens (tertiary/aromatic N) is 2. The Balaban J connectivity index is 2.15. The fourth-order valence-electron chi connectivity index (χ4n) is 1.48. The lowest BCUT2D eigenvalue weighted by Crippen LogP contribution is -2.17. The van der Waals surface area contributed by atoms with Crippen molar-refractivity contribution in [1.82, 2.24) is 9.78 Å². The standard InChI is InChI=1S/C12H13N3O2/c1-17-9-12(16)14-10-4-2-5-11(8-10)15-7-3-6-13-15/h2-8H,9H2,1H3,(H,14,16). The van der Waals surface area contributed by atoms with Crippen LogP contribution < -0.4 is 5.32 Å². The van der Waals surface area contributed by atoms with Gasteiger partial charge < -0.3 is 10.1 Å². The van der Waals surface area contributed by atoms with Gasteiger partial charge in [-0.15, -0.1) is 0 Å². The van der Waals surface area contributed by atoms with Gasteiger partial charge in [-0.1, -0.05) is 6.07 Å². The number of aromatic nitrogens is 2. The summed E-state index contributed by atoms with van der Waals surface area (Å²) in [6.45, 7) is 0.0476. The maximum atomic E-state index is 11.4. The Morgan fingerprint density at radius 3 is 3.06 bits per heavy atom. The van der Waals surface area contributed by atoms with Crippen molar-refractivity contribution < 1.29 is 9.53 Å². The summed E-state index contributed by atoms with van der Waals surface area (Å²) in [6.07, 6.45) is 3.55. The summed E-state index contributed by atoms with van der Waals surface area (Å²) in [5.41, 5.74) is 1.62. The first-order valence-electron chi connectivity index (χ1n) is 5.18. The molecule has 0 aliphatic carbocycles. The second kappa shape index (κ2) is 5.27. The van der Waals surface area contributed by atoms with E-state index in [4.69, 9.17) is 4.74 Å². The number of hydrogen-bond acceptors (Lipinski definition) is 3. The van der Waals surface area contributed by atoms with Crippen LogP contribution in [0.2, 0.25) is 0 Å². The molecule has 2 aromatic rings. The van der Waals surface area contributed by atoms with E-state index in [9.17, 15) is 4.79 Å². The molecule has 0 atom stereocenters. The molecule has 0 saturated heterocycles. The third kappa shape index (κ3) is 2.92. The molecule has 5 heteroatoms. The van der Waals surface area contributed by atoms with Gasteiger partial charge >= 0.3 is 0 Å². The van der Waals surface area contributed by atoms with E-state index in [2.05, 4.69) is 10.4 Å². The molecule has 0 spiro atoms. The lowest BCUT2D eigenvalue weighted by atomic mass is 10.3. The third-order valence-corrected chi connectivity index (χ3v) is 2.17. The Labute approximate surface area is 99.0 Å². The lowest BCUT2D eigenvalue weighted by molar-refractivity contribution is -0.119. The molecule has 5 nitrogen and oxygen atoms in total. The molecule has 2 rings (SSSR count). The zero-order valence-corrected chi connectivity index (χ0v) is 9.46. The number of ether oxygens (including phenoxy) is 1. The van der Waals surface area contributed by atoms with Gasteiger partial charge in [0.25, 0.3) is 0 Å². The van der Waals surface area contributed by atoms with E-state index < -0.39 is 0 Å². The van der Waals surface area contributed by atoms with Gasteiger partial charge in [0.2, 0.25) is 5.91 Å². The van der Waals surface area contributed by atoms with Gasteiger partial charge in [0.05, 0.1) is 5.69 Å². The van der Waals surface area contributed by atoms with Gasteiger partial charge in [0.15, 0.2) is 0 Å². The molecule has 1 aromatic carbocycles. The minimum atomic E-state index is -0.176. The second-order valence-corrected chi connectivity index (χ2v) is 3.48. The van der Waals surface area contributed by atoms with Crippen LogP contribution >= 0.6 is 0 Å². The van der Waals surface area contributed by atoms with E-state index in [1.165, 1.54) is 7.11 Å². The highest BCUT2D eigenvalue weighted by Gasteiger charge is 2.02. The fourth-order valence-corrected chi connectivity index (χ4v) is 1.48. The van der Waals surface area contributed by atoms with E-state index in [1.807, 2.05) is 36.5 Å². The van der Waals surface area contributed by atoms with Crippen molar-refractivity contribution in [2.45, 2.75) is 0 Å². The summed E-state index contributed by atoms with van der Waals surface area (Å²) in [5.74, 6) is -0.176. The molecule has 0 radical (unpaired) electrons. The average molecular weight is 231 g/mol. The van der Waals surface area contributed by atoms with Crippen molar-refractivity contribution in [2.75, 3.05) is 19.0 Å². The highest BCUT2D eigenvalue weighted by Crippen LogP contribution is 2.13. The van der Waals surface area contributed by atoms with Crippen LogP contribution in [0.3, 0.4) is 0 Å². The highest BCUT2D eigenvalue weighted by atomic mass is 16.5. The first kappa shape index (κ1) is 11.3.